The average molecular weight is 342 g/mol. The molecular weight excluding hydrogens is 326 g/mol. The van der Waals surface area contributed by atoms with Crippen molar-refractivity contribution in [3.8, 4) is 0 Å². The van der Waals surface area contributed by atoms with Gasteiger partial charge in [0.25, 0.3) is 5.91 Å². The molecule has 0 unspecified atom stereocenters. The van der Waals surface area contributed by atoms with Gasteiger partial charge in [-0.05, 0) is 17.2 Å². The minimum Gasteiger partial charge on any atom is -0.336 e. The molecule has 3 aromatic rings. The topological polar surface area (TPSA) is 63.9 Å². The monoisotopic (exact) mass is 341 g/mol. The van der Waals surface area contributed by atoms with Crippen LogP contribution in [-0.2, 0) is 13.1 Å². The zero-order valence-electron chi connectivity index (χ0n) is 13.1. The SMILES string of the molecule is CN(Cc1ccc(Cl)nc1)C(=O)c1cn(Cc2ccccc2)nn1. The summed E-state index contributed by atoms with van der Waals surface area (Å²) in [6, 6.07) is 13.4. The number of hydrogen-bond acceptors (Lipinski definition) is 4. The van der Waals surface area contributed by atoms with Gasteiger partial charge in [-0.15, -0.1) is 5.10 Å². The molecule has 0 saturated carbocycles. The highest BCUT2D eigenvalue weighted by molar-refractivity contribution is 6.29. The Labute approximate surface area is 144 Å². The largest absolute Gasteiger partial charge is 0.336 e. The number of amides is 1. The van der Waals surface area contributed by atoms with Gasteiger partial charge in [0.1, 0.15) is 5.15 Å². The molecule has 1 aromatic carbocycles. The maximum absolute atomic E-state index is 12.4. The second kappa shape index (κ2) is 7.23. The van der Waals surface area contributed by atoms with Crippen LogP contribution in [0, 0.1) is 0 Å². The molecule has 0 atom stereocenters. The summed E-state index contributed by atoms with van der Waals surface area (Å²) >= 11 is 5.76. The van der Waals surface area contributed by atoms with Gasteiger partial charge in [0.05, 0.1) is 12.7 Å². The molecule has 0 bridgehead atoms. The van der Waals surface area contributed by atoms with Crippen molar-refractivity contribution >= 4 is 17.5 Å². The van der Waals surface area contributed by atoms with E-state index in [1.165, 1.54) is 0 Å². The Morgan fingerprint density at radius 2 is 1.96 bits per heavy atom. The molecule has 7 heteroatoms. The minimum atomic E-state index is -0.190. The van der Waals surface area contributed by atoms with E-state index in [-0.39, 0.29) is 5.91 Å². The zero-order valence-corrected chi connectivity index (χ0v) is 13.9. The number of aromatic nitrogens is 4. The molecular formula is C17H16ClN5O. The Balaban J connectivity index is 1.65. The fourth-order valence-electron chi connectivity index (χ4n) is 2.29. The lowest BCUT2D eigenvalue weighted by Crippen LogP contribution is -2.26. The molecule has 122 valence electrons. The predicted molar refractivity (Wildman–Crippen MR) is 90.6 cm³/mol. The minimum absolute atomic E-state index is 0.190. The highest BCUT2D eigenvalue weighted by atomic mass is 35.5. The molecule has 0 aliphatic rings. The lowest BCUT2D eigenvalue weighted by Gasteiger charge is -2.15. The summed E-state index contributed by atoms with van der Waals surface area (Å²) < 4.78 is 1.65. The fourth-order valence-corrected chi connectivity index (χ4v) is 2.40. The number of halogens is 1. The second-order valence-electron chi connectivity index (χ2n) is 5.44. The summed E-state index contributed by atoms with van der Waals surface area (Å²) in [6.45, 7) is 1.00. The van der Waals surface area contributed by atoms with Crippen LogP contribution in [0.15, 0.2) is 54.9 Å². The molecule has 0 aliphatic carbocycles. The van der Waals surface area contributed by atoms with Crippen molar-refractivity contribution in [1.82, 2.24) is 24.9 Å². The van der Waals surface area contributed by atoms with Gasteiger partial charge in [0.15, 0.2) is 5.69 Å². The van der Waals surface area contributed by atoms with Gasteiger partial charge in [0.2, 0.25) is 0 Å². The van der Waals surface area contributed by atoms with Crippen molar-refractivity contribution in [2.45, 2.75) is 13.1 Å². The number of benzene rings is 1. The summed E-state index contributed by atoms with van der Waals surface area (Å²) in [5.74, 6) is -0.190. The van der Waals surface area contributed by atoms with E-state index in [2.05, 4.69) is 15.3 Å². The number of carbonyl (C=O) groups is 1. The number of nitrogens with zero attached hydrogens (tertiary/aromatic N) is 5. The molecule has 0 fully saturated rings. The number of carbonyl (C=O) groups excluding carboxylic acids is 1. The molecule has 1 amide bonds. The molecule has 3 rings (SSSR count). The number of hydrogen-bond donors (Lipinski definition) is 0. The molecule has 0 aliphatic heterocycles. The van der Waals surface area contributed by atoms with Crippen LogP contribution in [0.3, 0.4) is 0 Å². The van der Waals surface area contributed by atoms with E-state index in [1.807, 2.05) is 36.4 Å². The maximum atomic E-state index is 12.4. The summed E-state index contributed by atoms with van der Waals surface area (Å²) in [4.78, 5) is 18.0. The third-order valence-corrected chi connectivity index (χ3v) is 3.72. The van der Waals surface area contributed by atoms with E-state index < -0.39 is 0 Å². The number of rotatable bonds is 5. The molecule has 6 nitrogen and oxygen atoms in total. The van der Waals surface area contributed by atoms with Crippen LogP contribution >= 0.6 is 11.6 Å². The van der Waals surface area contributed by atoms with E-state index in [9.17, 15) is 4.79 Å². The second-order valence-corrected chi connectivity index (χ2v) is 5.82. The van der Waals surface area contributed by atoms with E-state index in [0.717, 1.165) is 11.1 Å². The molecule has 0 radical (unpaired) electrons. The number of pyridine rings is 1. The molecule has 2 aromatic heterocycles. The van der Waals surface area contributed by atoms with Gasteiger partial charge < -0.3 is 4.90 Å². The highest BCUT2D eigenvalue weighted by Crippen LogP contribution is 2.09. The summed E-state index contributed by atoms with van der Waals surface area (Å²) in [7, 11) is 1.72. The fraction of sp³-hybridized carbons (Fsp3) is 0.176. The van der Waals surface area contributed by atoms with Crippen LogP contribution in [0.2, 0.25) is 5.15 Å². The lowest BCUT2D eigenvalue weighted by molar-refractivity contribution is 0.0779. The van der Waals surface area contributed by atoms with Crippen molar-refractivity contribution in [1.29, 1.82) is 0 Å². The molecule has 2 heterocycles. The Kier molecular flexibility index (Phi) is 4.86. The van der Waals surface area contributed by atoms with Crippen LogP contribution in [0.4, 0.5) is 0 Å². The highest BCUT2D eigenvalue weighted by Gasteiger charge is 2.16. The van der Waals surface area contributed by atoms with Gasteiger partial charge >= 0.3 is 0 Å². The van der Waals surface area contributed by atoms with Gasteiger partial charge in [-0.2, -0.15) is 0 Å². The first-order valence-corrected chi connectivity index (χ1v) is 7.79. The predicted octanol–water partition coefficient (Wildman–Crippen LogP) is 2.65. The first-order chi connectivity index (χ1) is 11.6. The van der Waals surface area contributed by atoms with Gasteiger partial charge in [-0.1, -0.05) is 53.2 Å². The molecule has 0 saturated heterocycles. The van der Waals surface area contributed by atoms with E-state index in [4.69, 9.17) is 11.6 Å². The Hall–Kier alpha value is -2.73. The summed E-state index contributed by atoms with van der Waals surface area (Å²) in [5, 5.41) is 8.42. The normalized spacial score (nSPS) is 10.6. The lowest BCUT2D eigenvalue weighted by atomic mass is 10.2. The zero-order chi connectivity index (χ0) is 16.9. The molecule has 0 spiro atoms. The van der Waals surface area contributed by atoms with Crippen LogP contribution in [-0.4, -0.2) is 37.8 Å². The third-order valence-electron chi connectivity index (χ3n) is 3.50. The van der Waals surface area contributed by atoms with Crippen molar-refractivity contribution < 1.29 is 4.79 Å². The molecule has 24 heavy (non-hydrogen) atoms. The van der Waals surface area contributed by atoms with Crippen molar-refractivity contribution in [2.24, 2.45) is 0 Å². The standard InChI is InChI=1S/C17H16ClN5O/c1-22(10-14-7-8-16(18)19-9-14)17(24)15-12-23(21-20-15)11-13-5-3-2-4-6-13/h2-9,12H,10-11H2,1H3. The van der Waals surface area contributed by atoms with Crippen LogP contribution in [0.1, 0.15) is 21.6 Å². The Morgan fingerprint density at radius 1 is 1.17 bits per heavy atom. The Morgan fingerprint density at radius 3 is 2.67 bits per heavy atom. The van der Waals surface area contributed by atoms with E-state index in [1.54, 1.807) is 35.1 Å². The maximum Gasteiger partial charge on any atom is 0.276 e. The summed E-state index contributed by atoms with van der Waals surface area (Å²) in [5.41, 5.74) is 2.31. The smallest absolute Gasteiger partial charge is 0.276 e. The van der Waals surface area contributed by atoms with Gasteiger partial charge in [-0.25, -0.2) is 9.67 Å². The van der Waals surface area contributed by atoms with Crippen molar-refractivity contribution in [3.05, 3.63) is 76.8 Å². The van der Waals surface area contributed by atoms with Crippen LogP contribution in [0.5, 0.6) is 0 Å². The quantitative estimate of drug-likeness (QED) is 0.669. The van der Waals surface area contributed by atoms with Crippen LogP contribution < -0.4 is 0 Å². The Bertz CT molecular complexity index is 817. The molecule has 0 N–H and O–H groups in total. The third kappa shape index (κ3) is 3.97. The van der Waals surface area contributed by atoms with Gasteiger partial charge in [-0.3, -0.25) is 4.79 Å². The van der Waals surface area contributed by atoms with E-state index >= 15 is 0 Å². The van der Waals surface area contributed by atoms with Crippen molar-refractivity contribution in [2.75, 3.05) is 7.05 Å². The average Bonchev–Trinajstić information content (AvgIpc) is 3.05. The van der Waals surface area contributed by atoms with E-state index in [0.29, 0.717) is 23.9 Å². The first-order valence-electron chi connectivity index (χ1n) is 7.42. The summed E-state index contributed by atoms with van der Waals surface area (Å²) in [6.07, 6.45) is 3.31. The first kappa shape index (κ1) is 16.1. The van der Waals surface area contributed by atoms with Crippen LogP contribution in [0.25, 0.3) is 0 Å². The van der Waals surface area contributed by atoms with Gasteiger partial charge in [0, 0.05) is 19.8 Å². The van der Waals surface area contributed by atoms with Crippen molar-refractivity contribution in [3.63, 3.8) is 0 Å².